The van der Waals surface area contributed by atoms with Crippen molar-refractivity contribution in [2.75, 3.05) is 0 Å². The van der Waals surface area contributed by atoms with Gasteiger partial charge in [-0.15, -0.1) is 0 Å². The second-order valence-corrected chi connectivity index (χ2v) is 4.88. The Balaban J connectivity index is 3.12. The van der Waals surface area contributed by atoms with Gasteiger partial charge in [-0.1, -0.05) is 0 Å². The van der Waals surface area contributed by atoms with Crippen LogP contribution in [0.1, 0.15) is 20.8 Å². The minimum absolute atomic E-state index is 0.852. The Morgan fingerprint density at radius 1 is 1.09 bits per heavy atom. The molecule has 23 heavy (non-hydrogen) atoms. The van der Waals surface area contributed by atoms with Gasteiger partial charge in [0.25, 0.3) is 0 Å². The van der Waals surface area contributed by atoms with Gasteiger partial charge in [0, 0.05) is 13.8 Å². The van der Waals surface area contributed by atoms with Crippen LogP contribution in [0.5, 0.6) is 0 Å². The van der Waals surface area contributed by atoms with Crippen LogP contribution in [-0.2, 0) is 28.6 Å². The van der Waals surface area contributed by atoms with Crippen LogP contribution in [-0.4, -0.2) is 59.8 Å². The van der Waals surface area contributed by atoms with E-state index in [1.54, 1.807) is 5.32 Å². The minimum atomic E-state index is -5.21. The van der Waals surface area contributed by atoms with Crippen molar-refractivity contribution in [3.8, 4) is 0 Å². The van der Waals surface area contributed by atoms with Crippen molar-refractivity contribution < 1.29 is 46.9 Å². The van der Waals surface area contributed by atoms with Crippen LogP contribution in [0.3, 0.4) is 0 Å². The predicted octanol–water partition coefficient (Wildman–Crippen LogP) is -0.366. The number of aliphatic hydroxyl groups is 1. The number of carbonyl (C=O) groups is 3. The SMILES string of the molecule is CC(=O)O[C@@H]1[C@@H](NC(=O)C(F)(F)F)[C@H](OC(C)=O)[C@@H](O)O[C@@H]1C. The van der Waals surface area contributed by atoms with E-state index >= 15 is 0 Å². The molecule has 1 fully saturated rings. The summed E-state index contributed by atoms with van der Waals surface area (Å²) in [6.45, 7) is 3.27. The molecule has 1 heterocycles. The summed E-state index contributed by atoms with van der Waals surface area (Å²) in [5.41, 5.74) is 0. The fraction of sp³-hybridized carbons (Fsp3) is 0.750. The third-order valence-electron chi connectivity index (χ3n) is 2.96. The van der Waals surface area contributed by atoms with E-state index in [4.69, 9.17) is 14.2 Å². The summed E-state index contributed by atoms with van der Waals surface area (Å²) in [6.07, 6.45) is -11.2. The first-order valence-electron chi connectivity index (χ1n) is 6.49. The number of rotatable bonds is 3. The van der Waals surface area contributed by atoms with Gasteiger partial charge in [0.05, 0.1) is 6.10 Å². The van der Waals surface area contributed by atoms with Crippen molar-refractivity contribution in [3.05, 3.63) is 0 Å². The van der Waals surface area contributed by atoms with E-state index in [2.05, 4.69) is 0 Å². The molecule has 8 nitrogen and oxygen atoms in total. The maximum Gasteiger partial charge on any atom is 0.471 e. The standard InChI is InChI=1S/C12H16F3NO7/c1-4-8(22-5(2)17)7(16-11(20)12(13,14)15)9(10(19)21-4)23-6(3)18/h4,7-10,19H,1-3H3,(H,16,20)/t4-,7-,8+,9+,10+/m1/s1. The Hall–Kier alpha value is -1.88. The van der Waals surface area contributed by atoms with Crippen molar-refractivity contribution in [3.63, 3.8) is 0 Å². The molecule has 0 aromatic rings. The molecule has 0 unspecified atom stereocenters. The van der Waals surface area contributed by atoms with E-state index in [9.17, 15) is 32.7 Å². The van der Waals surface area contributed by atoms with Crippen LogP contribution in [0.4, 0.5) is 13.2 Å². The maximum atomic E-state index is 12.5. The molecule has 0 bridgehead atoms. The second kappa shape index (κ2) is 7.13. The summed E-state index contributed by atoms with van der Waals surface area (Å²) in [7, 11) is 0. The van der Waals surface area contributed by atoms with Crippen LogP contribution < -0.4 is 5.32 Å². The van der Waals surface area contributed by atoms with Gasteiger partial charge in [-0.05, 0) is 6.92 Å². The van der Waals surface area contributed by atoms with Crippen molar-refractivity contribution >= 4 is 17.8 Å². The lowest BCUT2D eigenvalue weighted by atomic mass is 9.96. The van der Waals surface area contributed by atoms with Gasteiger partial charge in [0.15, 0.2) is 18.5 Å². The summed E-state index contributed by atoms with van der Waals surface area (Å²) in [6, 6.07) is -1.64. The normalized spacial score (nSPS) is 31.2. The second-order valence-electron chi connectivity index (χ2n) is 4.88. The molecule has 0 aromatic heterocycles. The molecule has 0 aliphatic carbocycles. The number of carbonyl (C=O) groups excluding carboxylic acids is 3. The van der Waals surface area contributed by atoms with E-state index in [0.29, 0.717) is 0 Å². The number of hydrogen-bond acceptors (Lipinski definition) is 7. The number of aliphatic hydroxyl groups excluding tert-OH is 1. The van der Waals surface area contributed by atoms with E-state index in [1.807, 2.05) is 0 Å². The summed E-state index contributed by atoms with van der Waals surface area (Å²) in [5.74, 6) is -4.12. The molecule has 5 atom stereocenters. The molecule has 0 radical (unpaired) electrons. The largest absolute Gasteiger partial charge is 0.471 e. The first-order chi connectivity index (χ1) is 10.4. The van der Waals surface area contributed by atoms with Crippen LogP contribution >= 0.6 is 0 Å². The zero-order chi connectivity index (χ0) is 17.9. The average molecular weight is 343 g/mol. The number of hydrogen-bond donors (Lipinski definition) is 2. The number of amides is 1. The van der Waals surface area contributed by atoms with Gasteiger partial charge in [-0.2, -0.15) is 13.2 Å². The highest BCUT2D eigenvalue weighted by molar-refractivity contribution is 5.82. The molecule has 0 saturated carbocycles. The molecule has 1 aliphatic rings. The van der Waals surface area contributed by atoms with Crippen molar-refractivity contribution in [1.82, 2.24) is 5.32 Å². The topological polar surface area (TPSA) is 111 Å². The summed E-state index contributed by atoms with van der Waals surface area (Å²) in [4.78, 5) is 33.3. The number of nitrogens with one attached hydrogen (secondary N) is 1. The van der Waals surface area contributed by atoms with E-state index in [0.717, 1.165) is 13.8 Å². The van der Waals surface area contributed by atoms with E-state index < -0.39 is 54.7 Å². The molecule has 1 saturated heterocycles. The van der Waals surface area contributed by atoms with Gasteiger partial charge in [-0.3, -0.25) is 14.4 Å². The molecule has 1 amide bonds. The van der Waals surface area contributed by atoms with Crippen LogP contribution in [0.25, 0.3) is 0 Å². The lowest BCUT2D eigenvalue weighted by molar-refractivity contribution is -0.263. The Labute approximate surface area is 128 Å². The number of ether oxygens (including phenoxy) is 3. The molecule has 0 aromatic carbocycles. The van der Waals surface area contributed by atoms with Crippen molar-refractivity contribution in [2.24, 2.45) is 0 Å². The zero-order valence-electron chi connectivity index (χ0n) is 12.4. The molecule has 0 spiro atoms. The first kappa shape index (κ1) is 19.2. The lowest BCUT2D eigenvalue weighted by Crippen LogP contribution is -2.66. The highest BCUT2D eigenvalue weighted by Crippen LogP contribution is 2.26. The minimum Gasteiger partial charge on any atom is -0.457 e. The molecule has 11 heteroatoms. The van der Waals surface area contributed by atoms with Gasteiger partial charge >= 0.3 is 24.0 Å². The number of esters is 2. The quantitative estimate of drug-likeness (QED) is 0.673. The lowest BCUT2D eigenvalue weighted by Gasteiger charge is -2.42. The fourth-order valence-corrected chi connectivity index (χ4v) is 2.11. The van der Waals surface area contributed by atoms with E-state index in [1.165, 1.54) is 6.92 Å². The molecule has 2 N–H and O–H groups in total. The predicted molar refractivity (Wildman–Crippen MR) is 65.6 cm³/mol. The Kier molecular flexibility index (Phi) is 5.94. The summed E-state index contributed by atoms with van der Waals surface area (Å²) in [5, 5.41) is 11.3. The van der Waals surface area contributed by atoms with Crippen LogP contribution in [0, 0.1) is 0 Å². The van der Waals surface area contributed by atoms with Crippen LogP contribution in [0.15, 0.2) is 0 Å². The third-order valence-corrected chi connectivity index (χ3v) is 2.96. The Morgan fingerprint density at radius 2 is 1.57 bits per heavy atom. The fourth-order valence-electron chi connectivity index (χ4n) is 2.11. The van der Waals surface area contributed by atoms with Crippen molar-refractivity contribution in [1.29, 1.82) is 0 Å². The molecular weight excluding hydrogens is 327 g/mol. The van der Waals surface area contributed by atoms with Gasteiger partial charge in [0.1, 0.15) is 6.04 Å². The maximum absolute atomic E-state index is 12.5. The monoisotopic (exact) mass is 343 g/mol. The third kappa shape index (κ3) is 5.06. The smallest absolute Gasteiger partial charge is 0.457 e. The number of alkyl halides is 3. The van der Waals surface area contributed by atoms with Crippen molar-refractivity contribution in [2.45, 2.75) is 57.6 Å². The summed E-state index contributed by atoms with van der Waals surface area (Å²) < 4.78 is 51.9. The van der Waals surface area contributed by atoms with E-state index in [-0.39, 0.29) is 0 Å². The Bertz CT molecular complexity index is 454. The van der Waals surface area contributed by atoms with Gasteiger partial charge < -0.3 is 24.6 Å². The van der Waals surface area contributed by atoms with Gasteiger partial charge in [0.2, 0.25) is 0 Å². The first-order valence-corrected chi connectivity index (χ1v) is 6.49. The number of halogens is 3. The molecular formula is C12H16F3NO7. The molecule has 132 valence electrons. The van der Waals surface area contributed by atoms with Crippen LogP contribution in [0.2, 0.25) is 0 Å². The highest BCUT2D eigenvalue weighted by Gasteiger charge is 2.51. The zero-order valence-corrected chi connectivity index (χ0v) is 12.4. The molecule has 1 rings (SSSR count). The highest BCUT2D eigenvalue weighted by atomic mass is 19.4. The molecule has 1 aliphatic heterocycles. The summed E-state index contributed by atoms with van der Waals surface area (Å²) >= 11 is 0. The van der Waals surface area contributed by atoms with Gasteiger partial charge in [-0.25, -0.2) is 0 Å². The Morgan fingerprint density at radius 3 is 2.00 bits per heavy atom. The average Bonchev–Trinajstić information content (AvgIpc) is 2.36.